The molecule has 0 aromatic heterocycles. The predicted molar refractivity (Wildman–Crippen MR) is 103 cm³/mol. The highest BCUT2D eigenvalue weighted by Crippen LogP contribution is 2.33. The van der Waals surface area contributed by atoms with Crippen molar-refractivity contribution in [2.24, 2.45) is 0 Å². The van der Waals surface area contributed by atoms with Crippen LogP contribution in [0.1, 0.15) is 15.9 Å². The number of nitrogens with one attached hydrogen (secondary N) is 1. The topological polar surface area (TPSA) is 58.6 Å². The Morgan fingerprint density at radius 2 is 1.65 bits per heavy atom. The number of carbonyl (C=O) groups is 2. The molecule has 8 heteroatoms. The van der Waals surface area contributed by atoms with Gasteiger partial charge in [-0.25, -0.2) is 0 Å². The van der Waals surface area contributed by atoms with Gasteiger partial charge in [-0.15, -0.1) is 0 Å². The fraction of sp³-hybridized carbons (Fsp3) is 0.222. The van der Waals surface area contributed by atoms with Crippen molar-refractivity contribution < 1.29 is 14.3 Å². The predicted octanol–water partition coefficient (Wildman–Crippen LogP) is 4.04. The van der Waals surface area contributed by atoms with Crippen LogP contribution in [-0.2, 0) is 11.3 Å². The molecule has 0 aliphatic carbocycles. The van der Waals surface area contributed by atoms with Crippen LogP contribution in [0.15, 0.2) is 36.4 Å². The van der Waals surface area contributed by atoms with Crippen LogP contribution in [0, 0.1) is 0 Å². The van der Waals surface area contributed by atoms with Gasteiger partial charge in [0.05, 0.1) is 15.1 Å². The van der Waals surface area contributed by atoms with E-state index in [1.54, 1.807) is 38.4 Å². The highest BCUT2D eigenvalue weighted by molar-refractivity contribution is 6.43. The minimum absolute atomic E-state index is 0.159. The first-order valence-electron chi connectivity index (χ1n) is 7.64. The maximum Gasteiger partial charge on any atom is 0.260 e. The number of hydrogen-bond acceptors (Lipinski definition) is 3. The Morgan fingerprint density at radius 3 is 2.27 bits per heavy atom. The van der Waals surface area contributed by atoms with E-state index in [4.69, 9.17) is 39.5 Å². The van der Waals surface area contributed by atoms with E-state index in [2.05, 4.69) is 5.32 Å². The Labute approximate surface area is 166 Å². The number of likely N-dealkylation sites (N-methyl/N-ethyl adjacent to an activating group) is 1. The number of halogens is 3. The van der Waals surface area contributed by atoms with E-state index >= 15 is 0 Å². The molecule has 0 radical (unpaired) electrons. The SMILES string of the molecule is CNC(=O)c1ccc(CN(C)C(=O)COc2cc(Cl)c(Cl)cc2Cl)cc1. The Hall–Kier alpha value is -1.95. The summed E-state index contributed by atoms with van der Waals surface area (Å²) in [4.78, 5) is 25.3. The number of rotatable bonds is 6. The average molecular weight is 416 g/mol. The number of hydrogen-bond donors (Lipinski definition) is 1. The number of benzene rings is 2. The van der Waals surface area contributed by atoms with Crippen molar-refractivity contribution in [1.82, 2.24) is 10.2 Å². The molecule has 0 spiro atoms. The van der Waals surface area contributed by atoms with Crippen molar-refractivity contribution in [2.75, 3.05) is 20.7 Å². The van der Waals surface area contributed by atoms with Crippen molar-refractivity contribution in [2.45, 2.75) is 6.54 Å². The van der Waals surface area contributed by atoms with Gasteiger partial charge in [0.25, 0.3) is 11.8 Å². The van der Waals surface area contributed by atoms with Gasteiger partial charge in [-0.2, -0.15) is 0 Å². The van der Waals surface area contributed by atoms with Gasteiger partial charge in [-0.3, -0.25) is 9.59 Å². The van der Waals surface area contributed by atoms with Crippen LogP contribution in [0.4, 0.5) is 0 Å². The Bertz CT molecular complexity index is 810. The summed E-state index contributed by atoms with van der Waals surface area (Å²) in [5.41, 5.74) is 1.45. The second-order valence-electron chi connectivity index (χ2n) is 5.51. The van der Waals surface area contributed by atoms with Gasteiger partial charge < -0.3 is 15.0 Å². The van der Waals surface area contributed by atoms with E-state index in [0.29, 0.717) is 22.2 Å². The standard InChI is InChI=1S/C18H17Cl3N2O3/c1-22-18(25)12-5-3-11(4-6-12)9-23(2)17(24)10-26-16-8-14(20)13(19)7-15(16)21/h3-8H,9-10H2,1-2H3,(H,22,25). The number of nitrogens with zero attached hydrogens (tertiary/aromatic N) is 1. The first kappa shape index (κ1) is 20.4. The van der Waals surface area contributed by atoms with Crippen molar-refractivity contribution in [1.29, 1.82) is 0 Å². The van der Waals surface area contributed by atoms with Crippen molar-refractivity contribution >= 4 is 46.6 Å². The normalized spacial score (nSPS) is 10.3. The summed E-state index contributed by atoms with van der Waals surface area (Å²) in [7, 11) is 3.23. The summed E-state index contributed by atoms with van der Waals surface area (Å²) in [6.07, 6.45) is 0. The highest BCUT2D eigenvalue weighted by atomic mass is 35.5. The fourth-order valence-electron chi connectivity index (χ4n) is 2.13. The minimum Gasteiger partial charge on any atom is -0.482 e. The third-order valence-corrected chi connectivity index (χ3v) is 4.63. The zero-order chi connectivity index (χ0) is 19.3. The van der Waals surface area contributed by atoms with Crippen molar-refractivity contribution in [3.8, 4) is 5.75 Å². The van der Waals surface area contributed by atoms with Gasteiger partial charge in [-0.1, -0.05) is 46.9 Å². The molecule has 0 bridgehead atoms. The highest BCUT2D eigenvalue weighted by Gasteiger charge is 2.13. The average Bonchev–Trinajstić information content (AvgIpc) is 2.63. The largest absolute Gasteiger partial charge is 0.482 e. The zero-order valence-corrected chi connectivity index (χ0v) is 16.5. The smallest absolute Gasteiger partial charge is 0.260 e. The first-order valence-corrected chi connectivity index (χ1v) is 8.77. The second kappa shape index (κ2) is 9.12. The molecule has 1 N–H and O–H groups in total. The lowest BCUT2D eigenvalue weighted by molar-refractivity contribution is -0.132. The summed E-state index contributed by atoms with van der Waals surface area (Å²) >= 11 is 17.8. The van der Waals surface area contributed by atoms with E-state index in [1.807, 2.05) is 0 Å². The van der Waals surface area contributed by atoms with E-state index in [0.717, 1.165) is 5.56 Å². The monoisotopic (exact) mass is 414 g/mol. The molecular formula is C18H17Cl3N2O3. The lowest BCUT2D eigenvalue weighted by atomic mass is 10.1. The van der Waals surface area contributed by atoms with E-state index in [-0.39, 0.29) is 29.2 Å². The molecule has 0 atom stereocenters. The van der Waals surface area contributed by atoms with Gasteiger partial charge in [0.1, 0.15) is 5.75 Å². The van der Waals surface area contributed by atoms with Gasteiger partial charge in [0, 0.05) is 32.3 Å². The molecule has 0 aliphatic rings. The molecule has 0 heterocycles. The zero-order valence-electron chi connectivity index (χ0n) is 14.2. The van der Waals surface area contributed by atoms with E-state index < -0.39 is 0 Å². The summed E-state index contributed by atoms with van der Waals surface area (Å²) in [5, 5.41) is 3.44. The molecule has 0 unspecified atom stereocenters. The Kier molecular flexibility index (Phi) is 7.14. The van der Waals surface area contributed by atoms with Gasteiger partial charge in [0.2, 0.25) is 0 Å². The van der Waals surface area contributed by atoms with Gasteiger partial charge in [0.15, 0.2) is 6.61 Å². The molecule has 26 heavy (non-hydrogen) atoms. The third-order valence-electron chi connectivity index (χ3n) is 3.61. The van der Waals surface area contributed by atoms with Gasteiger partial charge in [-0.05, 0) is 23.8 Å². The molecule has 138 valence electrons. The summed E-state index contributed by atoms with van der Waals surface area (Å²) in [6.45, 7) is 0.190. The fourth-order valence-corrected chi connectivity index (χ4v) is 2.72. The number of carbonyl (C=O) groups excluding carboxylic acids is 2. The first-order chi connectivity index (χ1) is 12.3. The number of ether oxygens (including phenoxy) is 1. The van der Waals surface area contributed by atoms with Crippen molar-refractivity contribution in [3.63, 3.8) is 0 Å². The van der Waals surface area contributed by atoms with E-state index in [9.17, 15) is 9.59 Å². The molecule has 0 aliphatic heterocycles. The molecule has 2 amide bonds. The molecule has 2 aromatic rings. The Balaban J connectivity index is 1.93. The van der Waals surface area contributed by atoms with Crippen LogP contribution >= 0.6 is 34.8 Å². The van der Waals surface area contributed by atoms with E-state index in [1.165, 1.54) is 17.0 Å². The summed E-state index contributed by atoms with van der Waals surface area (Å²) in [6, 6.07) is 9.94. The molecular weight excluding hydrogens is 399 g/mol. The van der Waals surface area contributed by atoms with Crippen LogP contribution in [0.5, 0.6) is 5.75 Å². The van der Waals surface area contributed by atoms with Crippen LogP contribution in [0.3, 0.4) is 0 Å². The quantitative estimate of drug-likeness (QED) is 0.724. The summed E-state index contributed by atoms with van der Waals surface area (Å²) < 4.78 is 5.44. The second-order valence-corrected chi connectivity index (χ2v) is 6.73. The third kappa shape index (κ3) is 5.27. The lowest BCUT2D eigenvalue weighted by Crippen LogP contribution is -2.31. The number of amides is 2. The molecule has 0 saturated heterocycles. The molecule has 2 aromatic carbocycles. The maximum atomic E-state index is 12.2. The molecule has 2 rings (SSSR count). The van der Waals surface area contributed by atoms with Crippen LogP contribution < -0.4 is 10.1 Å². The molecule has 0 saturated carbocycles. The summed E-state index contributed by atoms with van der Waals surface area (Å²) in [5.74, 6) is -0.104. The van der Waals surface area contributed by atoms with Crippen LogP contribution in [0.25, 0.3) is 0 Å². The maximum absolute atomic E-state index is 12.2. The Morgan fingerprint density at radius 1 is 1.04 bits per heavy atom. The van der Waals surface area contributed by atoms with Crippen LogP contribution in [-0.4, -0.2) is 37.4 Å². The lowest BCUT2D eigenvalue weighted by Gasteiger charge is -2.18. The van der Waals surface area contributed by atoms with Crippen LogP contribution in [0.2, 0.25) is 15.1 Å². The molecule has 5 nitrogen and oxygen atoms in total. The van der Waals surface area contributed by atoms with Crippen molar-refractivity contribution in [3.05, 3.63) is 62.6 Å². The van der Waals surface area contributed by atoms with Gasteiger partial charge >= 0.3 is 0 Å². The molecule has 0 fully saturated rings. The minimum atomic E-state index is -0.234.